The van der Waals surface area contributed by atoms with Crippen molar-refractivity contribution < 1.29 is 9.53 Å². The van der Waals surface area contributed by atoms with Gasteiger partial charge < -0.3 is 9.64 Å². The van der Waals surface area contributed by atoms with E-state index in [-0.39, 0.29) is 18.3 Å². The molecule has 30 heavy (non-hydrogen) atoms. The highest BCUT2D eigenvalue weighted by atomic mass is 35.5. The van der Waals surface area contributed by atoms with Gasteiger partial charge in [0.2, 0.25) is 0 Å². The van der Waals surface area contributed by atoms with Gasteiger partial charge in [-0.1, -0.05) is 42.9 Å². The molecule has 0 fully saturated rings. The van der Waals surface area contributed by atoms with E-state index in [4.69, 9.17) is 9.72 Å². The van der Waals surface area contributed by atoms with Crippen molar-refractivity contribution in [3.63, 3.8) is 0 Å². The Kier molecular flexibility index (Phi) is 8.65. The van der Waals surface area contributed by atoms with Gasteiger partial charge in [-0.05, 0) is 56.8 Å². The summed E-state index contributed by atoms with van der Waals surface area (Å²) >= 11 is 1.53. The van der Waals surface area contributed by atoms with Crippen LogP contribution in [0.1, 0.15) is 35.3 Å². The van der Waals surface area contributed by atoms with E-state index in [2.05, 4.69) is 24.8 Å². The molecule has 1 amide bonds. The number of amides is 1. The summed E-state index contributed by atoms with van der Waals surface area (Å²) in [6.07, 6.45) is 0. The average Bonchev–Trinajstić information content (AvgIpc) is 3.13. The minimum absolute atomic E-state index is 0. The van der Waals surface area contributed by atoms with Gasteiger partial charge in [-0.25, -0.2) is 4.98 Å². The molecule has 0 atom stereocenters. The van der Waals surface area contributed by atoms with Crippen LogP contribution >= 0.6 is 23.7 Å². The maximum Gasteiger partial charge on any atom is 0.260 e. The summed E-state index contributed by atoms with van der Waals surface area (Å²) in [5, 5.41) is 0.727. The van der Waals surface area contributed by atoms with Gasteiger partial charge in [0, 0.05) is 18.7 Å². The van der Waals surface area contributed by atoms with Crippen molar-refractivity contribution in [2.75, 3.05) is 38.2 Å². The smallest absolute Gasteiger partial charge is 0.260 e. The van der Waals surface area contributed by atoms with E-state index in [0.717, 1.165) is 57.4 Å². The molecule has 7 heteroatoms. The summed E-state index contributed by atoms with van der Waals surface area (Å²) in [5.74, 6) is 0.795. The van der Waals surface area contributed by atoms with E-state index in [1.54, 1.807) is 7.11 Å². The summed E-state index contributed by atoms with van der Waals surface area (Å²) in [7, 11) is 1.66. The molecule has 162 valence electrons. The van der Waals surface area contributed by atoms with Crippen molar-refractivity contribution in [3.05, 3.63) is 53.1 Å². The van der Waals surface area contributed by atoms with E-state index in [9.17, 15) is 4.79 Å². The lowest BCUT2D eigenvalue weighted by Crippen LogP contribution is -2.39. The third-order valence-corrected chi connectivity index (χ3v) is 6.25. The van der Waals surface area contributed by atoms with E-state index >= 15 is 0 Å². The van der Waals surface area contributed by atoms with Crippen molar-refractivity contribution >= 4 is 45.0 Å². The Morgan fingerprint density at radius 3 is 2.43 bits per heavy atom. The molecule has 1 aromatic heterocycles. The fraction of sp³-hybridized carbons (Fsp3) is 0.391. The first-order chi connectivity index (χ1) is 14.0. The average molecular weight is 448 g/mol. The van der Waals surface area contributed by atoms with Crippen LogP contribution in [-0.2, 0) is 0 Å². The zero-order valence-corrected chi connectivity index (χ0v) is 19.9. The number of fused-ring (bicyclic) bond motifs is 1. The molecule has 3 rings (SSSR count). The van der Waals surface area contributed by atoms with Crippen molar-refractivity contribution in [3.8, 4) is 5.75 Å². The number of rotatable bonds is 8. The molecule has 0 radical (unpaired) electrons. The van der Waals surface area contributed by atoms with Crippen LogP contribution in [0.5, 0.6) is 5.75 Å². The number of thiazole rings is 1. The number of hydrogen-bond acceptors (Lipinski definition) is 5. The molecule has 0 aliphatic rings. The molecule has 0 saturated heterocycles. The van der Waals surface area contributed by atoms with Gasteiger partial charge in [-0.2, -0.15) is 0 Å². The lowest BCUT2D eigenvalue weighted by atomic mass is 10.0. The Morgan fingerprint density at radius 2 is 1.80 bits per heavy atom. The Hall–Kier alpha value is -2.15. The molecular formula is C23H30ClN3O2S. The minimum Gasteiger partial charge on any atom is -0.497 e. The first-order valence-electron chi connectivity index (χ1n) is 10.0. The van der Waals surface area contributed by atoms with E-state index in [1.807, 2.05) is 49.1 Å². The number of aromatic nitrogens is 1. The molecule has 0 unspecified atom stereocenters. The van der Waals surface area contributed by atoms with Crippen molar-refractivity contribution in [1.29, 1.82) is 0 Å². The van der Waals surface area contributed by atoms with E-state index < -0.39 is 0 Å². The van der Waals surface area contributed by atoms with E-state index in [1.165, 1.54) is 11.3 Å². The third kappa shape index (κ3) is 5.31. The zero-order chi connectivity index (χ0) is 21.0. The Bertz CT molecular complexity index is 1000. The molecule has 2 aromatic carbocycles. The predicted molar refractivity (Wildman–Crippen MR) is 129 cm³/mol. The number of aryl methyl sites for hydroxylation is 2. The van der Waals surface area contributed by atoms with Crippen LogP contribution in [0.25, 0.3) is 10.2 Å². The largest absolute Gasteiger partial charge is 0.497 e. The molecule has 0 aliphatic heterocycles. The van der Waals surface area contributed by atoms with Gasteiger partial charge in [0.25, 0.3) is 5.91 Å². The lowest BCUT2D eigenvalue weighted by Gasteiger charge is -2.25. The Labute approximate surface area is 189 Å². The second-order valence-electron chi connectivity index (χ2n) is 7.13. The molecule has 0 aliphatic carbocycles. The summed E-state index contributed by atoms with van der Waals surface area (Å²) in [5.41, 5.74) is 3.76. The van der Waals surface area contributed by atoms with Crippen LogP contribution < -0.4 is 9.64 Å². The molecule has 0 bridgehead atoms. The van der Waals surface area contributed by atoms with Crippen molar-refractivity contribution in [2.24, 2.45) is 0 Å². The number of methoxy groups -OCH3 is 1. The maximum atomic E-state index is 13.5. The minimum atomic E-state index is 0. The maximum absolute atomic E-state index is 13.5. The highest BCUT2D eigenvalue weighted by molar-refractivity contribution is 7.22. The second kappa shape index (κ2) is 10.8. The Balaban J connectivity index is 0.00000320. The topological polar surface area (TPSA) is 45.7 Å². The number of benzene rings is 2. The summed E-state index contributed by atoms with van der Waals surface area (Å²) in [6, 6.07) is 11.8. The molecular weight excluding hydrogens is 418 g/mol. The van der Waals surface area contributed by atoms with Gasteiger partial charge in [0.05, 0.1) is 17.3 Å². The first kappa shape index (κ1) is 24.1. The molecule has 0 saturated carbocycles. The van der Waals surface area contributed by atoms with Crippen LogP contribution in [0.15, 0.2) is 36.4 Å². The SMILES string of the molecule is CCN(CC)CCN(C(=O)c1ccc(C)cc1C)c1nc2ccc(OC)cc2s1.Cl. The number of carbonyl (C=O) groups is 1. The summed E-state index contributed by atoms with van der Waals surface area (Å²) < 4.78 is 6.35. The number of halogens is 1. The van der Waals surface area contributed by atoms with E-state index in [0.29, 0.717) is 6.54 Å². The van der Waals surface area contributed by atoms with Gasteiger partial charge in [-0.15, -0.1) is 12.4 Å². The number of carbonyl (C=O) groups excluding carboxylic acids is 1. The van der Waals surface area contributed by atoms with Crippen LogP contribution in [0.3, 0.4) is 0 Å². The number of ether oxygens (including phenoxy) is 1. The van der Waals surface area contributed by atoms with Gasteiger partial charge in [0.15, 0.2) is 5.13 Å². The first-order valence-corrected chi connectivity index (χ1v) is 10.8. The number of anilines is 1. The zero-order valence-electron chi connectivity index (χ0n) is 18.3. The van der Waals surface area contributed by atoms with Crippen molar-refractivity contribution in [1.82, 2.24) is 9.88 Å². The predicted octanol–water partition coefficient (Wildman–Crippen LogP) is 5.33. The monoisotopic (exact) mass is 447 g/mol. The molecule has 1 heterocycles. The number of likely N-dealkylation sites (N-methyl/N-ethyl adjacent to an activating group) is 1. The number of hydrogen-bond donors (Lipinski definition) is 0. The molecule has 0 spiro atoms. The fourth-order valence-corrected chi connectivity index (χ4v) is 4.42. The third-order valence-electron chi connectivity index (χ3n) is 5.21. The molecule has 0 N–H and O–H groups in total. The van der Waals surface area contributed by atoms with Gasteiger partial charge in [0.1, 0.15) is 5.75 Å². The quantitative estimate of drug-likeness (QED) is 0.468. The second-order valence-corrected chi connectivity index (χ2v) is 8.14. The van der Waals surface area contributed by atoms with Crippen LogP contribution in [0.4, 0.5) is 5.13 Å². The highest BCUT2D eigenvalue weighted by Gasteiger charge is 2.23. The van der Waals surface area contributed by atoms with Crippen LogP contribution in [-0.4, -0.2) is 49.1 Å². The number of nitrogens with zero attached hydrogens (tertiary/aromatic N) is 3. The van der Waals surface area contributed by atoms with Crippen LogP contribution in [0, 0.1) is 13.8 Å². The molecule has 3 aromatic rings. The lowest BCUT2D eigenvalue weighted by molar-refractivity contribution is 0.0983. The normalized spacial score (nSPS) is 10.9. The summed E-state index contributed by atoms with van der Waals surface area (Å²) in [6.45, 7) is 11.6. The van der Waals surface area contributed by atoms with Crippen molar-refractivity contribution in [2.45, 2.75) is 27.7 Å². The van der Waals surface area contributed by atoms with Crippen LogP contribution in [0.2, 0.25) is 0 Å². The van der Waals surface area contributed by atoms with Gasteiger partial charge >= 0.3 is 0 Å². The fourth-order valence-electron chi connectivity index (χ4n) is 3.40. The molecule has 5 nitrogen and oxygen atoms in total. The van der Waals surface area contributed by atoms with Gasteiger partial charge in [-0.3, -0.25) is 9.69 Å². The standard InChI is InChI=1S/C23H29N3O2S.ClH/c1-6-25(7-2)12-13-26(22(27)19-10-8-16(3)14-17(19)4)23-24-20-11-9-18(28-5)15-21(20)29-23;/h8-11,14-15H,6-7,12-13H2,1-5H3;1H. The summed E-state index contributed by atoms with van der Waals surface area (Å²) in [4.78, 5) is 22.4. The highest BCUT2D eigenvalue weighted by Crippen LogP contribution is 2.32. The Morgan fingerprint density at radius 1 is 1.07 bits per heavy atom.